The molecule has 1 N–H and O–H groups in total. The average molecular weight is 283 g/mol. The molecule has 1 fully saturated rings. The molecule has 0 atom stereocenters. The first-order valence-electron chi connectivity index (χ1n) is 6.15. The van der Waals surface area contributed by atoms with Gasteiger partial charge in [0.05, 0.1) is 21.5 Å². The fraction of sp³-hybridized carbons (Fsp3) is 0.500. The first-order valence-corrected chi connectivity index (χ1v) is 6.91. The zero-order valence-corrected chi connectivity index (χ0v) is 11.9. The number of nitriles is 1. The van der Waals surface area contributed by atoms with Crippen LogP contribution in [0.1, 0.15) is 31.2 Å². The molecule has 1 saturated carbocycles. The molecule has 0 spiro atoms. The normalized spacial score (nSPS) is 27.8. The molecule has 4 heteroatoms. The topological polar surface area (TPSA) is 35.8 Å². The lowest BCUT2D eigenvalue weighted by Crippen LogP contribution is -2.37. The van der Waals surface area contributed by atoms with Crippen molar-refractivity contribution in [3.63, 3.8) is 0 Å². The number of nitrogens with one attached hydrogen (secondary N) is 1. The van der Waals surface area contributed by atoms with Crippen LogP contribution in [0, 0.1) is 11.3 Å². The van der Waals surface area contributed by atoms with Crippen LogP contribution in [0.4, 0.5) is 0 Å². The second kappa shape index (κ2) is 5.48. The molecular weight excluding hydrogens is 267 g/mol. The van der Waals surface area contributed by atoms with Gasteiger partial charge in [-0.05, 0) is 50.4 Å². The number of rotatable bonds is 2. The van der Waals surface area contributed by atoms with Gasteiger partial charge in [0.1, 0.15) is 0 Å². The summed E-state index contributed by atoms with van der Waals surface area (Å²) in [5.74, 6) is 0. The zero-order chi connectivity index (χ0) is 13.2. The predicted molar refractivity (Wildman–Crippen MR) is 75.1 cm³/mol. The van der Waals surface area contributed by atoms with E-state index in [1.807, 2.05) is 19.2 Å². The Balaban J connectivity index is 2.28. The van der Waals surface area contributed by atoms with E-state index >= 15 is 0 Å². The first-order chi connectivity index (χ1) is 8.61. The molecule has 1 aliphatic rings. The van der Waals surface area contributed by atoms with Crippen LogP contribution in [0.15, 0.2) is 18.2 Å². The smallest absolute Gasteiger partial charge is 0.0824 e. The van der Waals surface area contributed by atoms with Crippen molar-refractivity contribution in [1.82, 2.24) is 5.32 Å². The standard InChI is InChI=1S/C14H16Cl2N2/c1-18-11-4-6-14(9-17,7-5-11)10-2-3-12(15)13(16)8-10/h2-3,8,11,18H,4-7H2,1H3. The lowest BCUT2D eigenvalue weighted by Gasteiger charge is -2.35. The Morgan fingerprint density at radius 2 is 1.94 bits per heavy atom. The van der Waals surface area contributed by atoms with Crippen LogP contribution in [-0.2, 0) is 5.41 Å². The van der Waals surface area contributed by atoms with Crippen LogP contribution in [0.3, 0.4) is 0 Å². The summed E-state index contributed by atoms with van der Waals surface area (Å²) < 4.78 is 0. The predicted octanol–water partition coefficient (Wildman–Crippen LogP) is 3.92. The minimum atomic E-state index is -0.401. The van der Waals surface area contributed by atoms with Crippen molar-refractivity contribution in [2.24, 2.45) is 0 Å². The Morgan fingerprint density at radius 1 is 1.28 bits per heavy atom. The highest BCUT2D eigenvalue weighted by atomic mass is 35.5. The highest BCUT2D eigenvalue weighted by Gasteiger charge is 2.37. The Labute approximate surface area is 118 Å². The van der Waals surface area contributed by atoms with Crippen LogP contribution in [0.5, 0.6) is 0 Å². The van der Waals surface area contributed by atoms with Crippen molar-refractivity contribution in [3.05, 3.63) is 33.8 Å². The van der Waals surface area contributed by atoms with Gasteiger partial charge in [-0.1, -0.05) is 29.3 Å². The SMILES string of the molecule is CNC1CCC(C#N)(c2ccc(Cl)c(Cl)c2)CC1. The lowest BCUT2D eigenvalue weighted by molar-refractivity contribution is 0.306. The lowest BCUT2D eigenvalue weighted by atomic mass is 9.69. The highest BCUT2D eigenvalue weighted by molar-refractivity contribution is 6.42. The first kappa shape index (κ1) is 13.7. The van der Waals surface area contributed by atoms with Gasteiger partial charge in [-0.2, -0.15) is 5.26 Å². The number of hydrogen-bond donors (Lipinski definition) is 1. The molecule has 0 aromatic heterocycles. The maximum absolute atomic E-state index is 9.57. The molecular formula is C14H16Cl2N2. The zero-order valence-electron chi connectivity index (χ0n) is 10.3. The Hall–Kier alpha value is -0.750. The van der Waals surface area contributed by atoms with E-state index in [9.17, 15) is 5.26 Å². The summed E-state index contributed by atoms with van der Waals surface area (Å²) in [6, 6.07) is 8.57. The summed E-state index contributed by atoms with van der Waals surface area (Å²) in [5.41, 5.74) is 0.593. The molecule has 0 saturated heterocycles. The molecule has 2 rings (SSSR count). The minimum Gasteiger partial charge on any atom is -0.317 e. The van der Waals surface area contributed by atoms with Gasteiger partial charge < -0.3 is 5.32 Å². The van der Waals surface area contributed by atoms with E-state index in [0.29, 0.717) is 16.1 Å². The summed E-state index contributed by atoms with van der Waals surface area (Å²) in [5, 5.41) is 13.9. The summed E-state index contributed by atoms with van der Waals surface area (Å²) in [7, 11) is 1.98. The van der Waals surface area contributed by atoms with E-state index < -0.39 is 5.41 Å². The Kier molecular flexibility index (Phi) is 4.17. The van der Waals surface area contributed by atoms with E-state index in [1.54, 1.807) is 6.07 Å². The van der Waals surface area contributed by atoms with Gasteiger partial charge in [0, 0.05) is 6.04 Å². The molecule has 0 aliphatic heterocycles. The Morgan fingerprint density at radius 3 is 2.44 bits per heavy atom. The fourth-order valence-electron chi connectivity index (χ4n) is 2.66. The average Bonchev–Trinajstić information content (AvgIpc) is 2.42. The number of benzene rings is 1. The van der Waals surface area contributed by atoms with Crippen molar-refractivity contribution >= 4 is 23.2 Å². The van der Waals surface area contributed by atoms with E-state index in [-0.39, 0.29) is 0 Å². The van der Waals surface area contributed by atoms with Crippen molar-refractivity contribution in [2.75, 3.05) is 7.05 Å². The van der Waals surface area contributed by atoms with Crippen molar-refractivity contribution < 1.29 is 0 Å². The molecule has 0 heterocycles. The van der Waals surface area contributed by atoms with Crippen LogP contribution >= 0.6 is 23.2 Å². The second-order valence-electron chi connectivity index (χ2n) is 4.89. The van der Waals surface area contributed by atoms with Crippen molar-refractivity contribution in [2.45, 2.75) is 37.1 Å². The molecule has 1 aromatic carbocycles. The van der Waals surface area contributed by atoms with Gasteiger partial charge in [-0.25, -0.2) is 0 Å². The van der Waals surface area contributed by atoms with Crippen molar-refractivity contribution in [1.29, 1.82) is 5.26 Å². The molecule has 0 unspecified atom stereocenters. The van der Waals surface area contributed by atoms with Gasteiger partial charge in [0.15, 0.2) is 0 Å². The molecule has 0 radical (unpaired) electrons. The largest absolute Gasteiger partial charge is 0.317 e. The minimum absolute atomic E-state index is 0.401. The van der Waals surface area contributed by atoms with Crippen LogP contribution in [0.2, 0.25) is 10.0 Å². The number of nitrogens with zero attached hydrogens (tertiary/aromatic N) is 1. The third-order valence-electron chi connectivity index (χ3n) is 3.93. The van der Waals surface area contributed by atoms with Crippen molar-refractivity contribution in [3.8, 4) is 6.07 Å². The van der Waals surface area contributed by atoms with E-state index in [4.69, 9.17) is 23.2 Å². The van der Waals surface area contributed by atoms with Gasteiger partial charge in [0.25, 0.3) is 0 Å². The molecule has 1 aliphatic carbocycles. The van der Waals surface area contributed by atoms with E-state index in [0.717, 1.165) is 31.2 Å². The van der Waals surface area contributed by atoms with Crippen LogP contribution in [-0.4, -0.2) is 13.1 Å². The summed E-state index contributed by atoms with van der Waals surface area (Å²) in [6.07, 6.45) is 3.77. The maximum Gasteiger partial charge on any atom is 0.0824 e. The molecule has 2 nitrogen and oxygen atoms in total. The van der Waals surface area contributed by atoms with Crippen LogP contribution < -0.4 is 5.32 Å². The van der Waals surface area contributed by atoms with Gasteiger partial charge in [-0.15, -0.1) is 0 Å². The van der Waals surface area contributed by atoms with Gasteiger partial charge in [0.2, 0.25) is 0 Å². The molecule has 0 amide bonds. The quantitative estimate of drug-likeness (QED) is 0.893. The third-order valence-corrected chi connectivity index (χ3v) is 4.67. The van der Waals surface area contributed by atoms with Gasteiger partial charge >= 0.3 is 0 Å². The summed E-state index contributed by atoms with van der Waals surface area (Å²) in [6.45, 7) is 0. The monoisotopic (exact) mass is 282 g/mol. The number of halogens is 2. The highest BCUT2D eigenvalue weighted by Crippen LogP contribution is 2.40. The maximum atomic E-state index is 9.57. The fourth-order valence-corrected chi connectivity index (χ4v) is 2.96. The van der Waals surface area contributed by atoms with E-state index in [2.05, 4.69) is 11.4 Å². The van der Waals surface area contributed by atoms with Gasteiger partial charge in [-0.3, -0.25) is 0 Å². The summed E-state index contributed by atoms with van der Waals surface area (Å²) >= 11 is 12.0. The summed E-state index contributed by atoms with van der Waals surface area (Å²) in [4.78, 5) is 0. The molecule has 1 aromatic rings. The molecule has 18 heavy (non-hydrogen) atoms. The molecule has 0 bridgehead atoms. The van der Waals surface area contributed by atoms with E-state index in [1.165, 1.54) is 0 Å². The third kappa shape index (κ3) is 2.49. The Bertz CT molecular complexity index is 471. The van der Waals surface area contributed by atoms with Crippen LogP contribution in [0.25, 0.3) is 0 Å². The molecule has 96 valence electrons. The second-order valence-corrected chi connectivity index (χ2v) is 5.70. The number of hydrogen-bond acceptors (Lipinski definition) is 2.